The fraction of sp³-hybridized carbons (Fsp3) is 0.333. The molecule has 3 aromatic rings. The number of furan rings is 1. The second-order valence-corrected chi connectivity index (χ2v) is 7.99. The molecule has 1 aromatic heterocycles. The summed E-state index contributed by atoms with van der Waals surface area (Å²) < 4.78 is 18.5. The summed E-state index contributed by atoms with van der Waals surface area (Å²) in [5.41, 5.74) is 3.19. The van der Waals surface area contributed by atoms with E-state index < -0.39 is 10.8 Å². The van der Waals surface area contributed by atoms with Crippen molar-refractivity contribution in [3.63, 3.8) is 0 Å². The van der Waals surface area contributed by atoms with Crippen LogP contribution in [0.3, 0.4) is 0 Å². The first-order chi connectivity index (χ1) is 11.7. The van der Waals surface area contributed by atoms with E-state index in [4.69, 9.17) is 4.42 Å². The molecule has 1 unspecified atom stereocenters. The van der Waals surface area contributed by atoms with Crippen LogP contribution in [0.2, 0.25) is 0 Å². The molecule has 0 bridgehead atoms. The Bertz CT molecular complexity index is 873. The van der Waals surface area contributed by atoms with Crippen LogP contribution >= 0.6 is 0 Å². The van der Waals surface area contributed by atoms with Gasteiger partial charge in [0.15, 0.2) is 5.76 Å². The molecular formula is C21H22O2S. The Morgan fingerprint density at radius 3 is 2.46 bits per heavy atom. The van der Waals surface area contributed by atoms with Crippen molar-refractivity contribution in [3.05, 3.63) is 54.1 Å². The Morgan fingerprint density at radius 2 is 1.75 bits per heavy atom. The first kappa shape index (κ1) is 15.6. The van der Waals surface area contributed by atoms with E-state index in [2.05, 4.69) is 18.2 Å². The van der Waals surface area contributed by atoms with Gasteiger partial charge in [0.2, 0.25) is 0 Å². The average Bonchev–Trinajstić information content (AvgIpc) is 3.02. The highest BCUT2D eigenvalue weighted by molar-refractivity contribution is 7.84. The summed E-state index contributed by atoms with van der Waals surface area (Å²) >= 11 is 0. The minimum absolute atomic E-state index is 0.636. The molecule has 0 aliphatic heterocycles. The second-order valence-electron chi connectivity index (χ2n) is 6.67. The van der Waals surface area contributed by atoms with Crippen LogP contribution in [0.1, 0.15) is 43.6 Å². The molecule has 0 radical (unpaired) electrons. The van der Waals surface area contributed by atoms with E-state index in [1.165, 1.54) is 37.7 Å². The van der Waals surface area contributed by atoms with Gasteiger partial charge in [-0.15, -0.1) is 0 Å². The standard InChI is InChI=1S/C21H22O2S/c1-24(22)21-18-14-17(15-8-4-2-5-9-15)12-13-19(18)23-20(21)16-10-6-3-7-11-16/h3,6-7,10-15H,2,4-5,8-9H2,1H3. The molecule has 1 aliphatic rings. The maximum atomic E-state index is 12.5. The summed E-state index contributed by atoms with van der Waals surface area (Å²) in [5, 5.41) is 1.01. The number of fused-ring (bicyclic) bond motifs is 1. The van der Waals surface area contributed by atoms with Crippen molar-refractivity contribution in [1.82, 2.24) is 0 Å². The molecule has 0 spiro atoms. The van der Waals surface area contributed by atoms with Crippen molar-refractivity contribution in [1.29, 1.82) is 0 Å². The van der Waals surface area contributed by atoms with E-state index in [0.717, 1.165) is 27.2 Å². The minimum Gasteiger partial charge on any atom is -0.455 e. The highest BCUT2D eigenvalue weighted by Gasteiger charge is 2.21. The number of benzene rings is 2. The molecule has 24 heavy (non-hydrogen) atoms. The van der Waals surface area contributed by atoms with Gasteiger partial charge in [0, 0.05) is 17.2 Å². The first-order valence-corrected chi connectivity index (χ1v) is 10.2. The van der Waals surface area contributed by atoms with Gasteiger partial charge in [-0.3, -0.25) is 4.21 Å². The molecule has 0 amide bonds. The SMILES string of the molecule is CS(=O)c1c(-c2ccccc2)oc2ccc(C3CCCCC3)cc12. The van der Waals surface area contributed by atoms with E-state index in [1.54, 1.807) is 6.26 Å². The van der Waals surface area contributed by atoms with Gasteiger partial charge in [-0.1, -0.05) is 55.7 Å². The van der Waals surface area contributed by atoms with Crippen LogP contribution in [-0.2, 0) is 10.8 Å². The van der Waals surface area contributed by atoms with Crippen LogP contribution in [0.5, 0.6) is 0 Å². The van der Waals surface area contributed by atoms with Gasteiger partial charge in [-0.25, -0.2) is 0 Å². The Kier molecular flexibility index (Phi) is 4.28. The molecule has 3 heteroatoms. The average molecular weight is 338 g/mol. The Morgan fingerprint density at radius 1 is 1.00 bits per heavy atom. The minimum atomic E-state index is -1.09. The van der Waals surface area contributed by atoms with E-state index >= 15 is 0 Å². The summed E-state index contributed by atoms with van der Waals surface area (Å²) in [4.78, 5) is 0.828. The van der Waals surface area contributed by atoms with Crippen molar-refractivity contribution < 1.29 is 8.63 Å². The molecule has 1 heterocycles. The molecule has 4 rings (SSSR count). The van der Waals surface area contributed by atoms with E-state index in [1.807, 2.05) is 30.3 Å². The lowest BCUT2D eigenvalue weighted by Crippen LogP contribution is -2.04. The molecule has 1 aliphatic carbocycles. The molecular weight excluding hydrogens is 316 g/mol. The summed E-state index contributed by atoms with van der Waals surface area (Å²) in [5.74, 6) is 1.38. The van der Waals surface area contributed by atoms with Crippen molar-refractivity contribution >= 4 is 21.8 Å². The molecule has 0 N–H and O–H groups in total. The topological polar surface area (TPSA) is 30.2 Å². The zero-order valence-electron chi connectivity index (χ0n) is 14.0. The predicted molar refractivity (Wildman–Crippen MR) is 99.8 cm³/mol. The number of hydrogen-bond donors (Lipinski definition) is 0. The van der Waals surface area contributed by atoms with Crippen molar-refractivity contribution in [2.45, 2.75) is 42.9 Å². The zero-order chi connectivity index (χ0) is 16.5. The molecule has 0 saturated heterocycles. The summed E-state index contributed by atoms with van der Waals surface area (Å²) in [7, 11) is -1.09. The lowest BCUT2D eigenvalue weighted by molar-refractivity contribution is 0.444. The molecule has 1 atom stereocenters. The van der Waals surface area contributed by atoms with Gasteiger partial charge in [0.1, 0.15) is 5.58 Å². The zero-order valence-corrected chi connectivity index (χ0v) is 14.8. The van der Waals surface area contributed by atoms with Crippen LogP contribution in [0.15, 0.2) is 57.8 Å². The van der Waals surface area contributed by atoms with Gasteiger partial charge >= 0.3 is 0 Å². The molecule has 1 saturated carbocycles. The van der Waals surface area contributed by atoms with Crippen molar-refractivity contribution in [2.75, 3.05) is 6.26 Å². The normalized spacial score (nSPS) is 17.2. The van der Waals surface area contributed by atoms with Gasteiger partial charge in [-0.2, -0.15) is 0 Å². The van der Waals surface area contributed by atoms with Crippen LogP contribution in [0.25, 0.3) is 22.3 Å². The first-order valence-electron chi connectivity index (χ1n) is 8.69. The predicted octanol–water partition coefficient (Wildman–Crippen LogP) is 5.88. The van der Waals surface area contributed by atoms with Crippen LogP contribution in [0, 0.1) is 0 Å². The monoisotopic (exact) mass is 338 g/mol. The summed E-state index contributed by atoms with van der Waals surface area (Å²) in [6, 6.07) is 16.4. The van der Waals surface area contributed by atoms with Crippen molar-refractivity contribution in [3.8, 4) is 11.3 Å². The second kappa shape index (κ2) is 6.56. The third kappa shape index (κ3) is 2.82. The van der Waals surface area contributed by atoms with Crippen LogP contribution in [-0.4, -0.2) is 10.5 Å². The number of rotatable bonds is 3. The maximum absolute atomic E-state index is 12.5. The third-order valence-corrected chi connectivity index (χ3v) is 6.05. The fourth-order valence-electron chi connectivity index (χ4n) is 3.85. The number of hydrogen-bond acceptors (Lipinski definition) is 2. The summed E-state index contributed by atoms with van der Waals surface area (Å²) in [6.45, 7) is 0. The van der Waals surface area contributed by atoms with Crippen molar-refractivity contribution in [2.24, 2.45) is 0 Å². The fourth-order valence-corrected chi connectivity index (χ4v) is 4.74. The molecule has 2 nitrogen and oxygen atoms in total. The van der Waals surface area contributed by atoms with Crippen LogP contribution in [0.4, 0.5) is 0 Å². The van der Waals surface area contributed by atoms with E-state index in [0.29, 0.717) is 5.92 Å². The Labute approximate surface area is 145 Å². The van der Waals surface area contributed by atoms with Gasteiger partial charge < -0.3 is 4.42 Å². The van der Waals surface area contributed by atoms with Gasteiger partial charge in [0.25, 0.3) is 0 Å². The highest BCUT2D eigenvalue weighted by atomic mass is 32.2. The third-order valence-electron chi connectivity index (χ3n) is 5.07. The quantitative estimate of drug-likeness (QED) is 0.596. The lowest BCUT2D eigenvalue weighted by Gasteiger charge is -2.21. The maximum Gasteiger partial charge on any atom is 0.151 e. The van der Waals surface area contributed by atoms with E-state index in [-0.39, 0.29) is 0 Å². The molecule has 1 fully saturated rings. The molecule has 2 aromatic carbocycles. The van der Waals surface area contributed by atoms with E-state index in [9.17, 15) is 4.21 Å². The van der Waals surface area contributed by atoms with Gasteiger partial charge in [-0.05, 0) is 36.5 Å². The van der Waals surface area contributed by atoms with Crippen LogP contribution < -0.4 is 0 Å². The highest BCUT2D eigenvalue weighted by Crippen LogP contribution is 2.39. The van der Waals surface area contributed by atoms with Gasteiger partial charge in [0.05, 0.1) is 15.7 Å². The lowest BCUT2D eigenvalue weighted by atomic mass is 9.84. The summed E-state index contributed by atoms with van der Waals surface area (Å²) in [6.07, 6.45) is 8.25. The Hall–Kier alpha value is -1.87. The largest absolute Gasteiger partial charge is 0.455 e. The Balaban J connectivity index is 1.86. The molecule has 124 valence electrons. The smallest absolute Gasteiger partial charge is 0.151 e.